The molecule has 0 aliphatic carbocycles. The van der Waals surface area contributed by atoms with Gasteiger partial charge in [-0.3, -0.25) is 4.79 Å². The molecule has 142 valence electrons. The summed E-state index contributed by atoms with van der Waals surface area (Å²) in [4.78, 5) is 11.8. The van der Waals surface area contributed by atoms with E-state index in [9.17, 15) is 9.90 Å². The molecular formula is C22H42O2. The van der Waals surface area contributed by atoms with Gasteiger partial charge in [0.25, 0.3) is 0 Å². The molecule has 2 nitrogen and oxygen atoms in total. The lowest BCUT2D eigenvalue weighted by atomic mass is 9.88. The molecule has 0 radical (unpaired) electrons. The molecule has 0 aliphatic heterocycles. The Labute approximate surface area is 151 Å². The van der Waals surface area contributed by atoms with Gasteiger partial charge in [-0.2, -0.15) is 0 Å². The van der Waals surface area contributed by atoms with Crippen molar-refractivity contribution in [1.29, 1.82) is 0 Å². The van der Waals surface area contributed by atoms with Gasteiger partial charge in [0.2, 0.25) is 0 Å². The molecule has 0 aromatic heterocycles. The molecule has 0 rings (SSSR count). The quantitative estimate of drug-likeness (QED) is 0.269. The zero-order valence-electron chi connectivity index (χ0n) is 16.8. The highest BCUT2D eigenvalue weighted by atomic mass is 16.3. The van der Waals surface area contributed by atoms with Crippen molar-refractivity contribution in [2.75, 3.05) is 0 Å². The fraction of sp³-hybridized carbons (Fsp3) is 0.864. The Morgan fingerprint density at radius 2 is 1.54 bits per heavy atom. The van der Waals surface area contributed by atoms with Crippen LogP contribution in [0.3, 0.4) is 0 Å². The second-order valence-electron chi connectivity index (χ2n) is 8.19. The van der Waals surface area contributed by atoms with Gasteiger partial charge in [-0.05, 0) is 32.1 Å². The third-order valence-electron chi connectivity index (χ3n) is 4.58. The summed E-state index contributed by atoms with van der Waals surface area (Å²) in [5.41, 5.74) is -0.175. The number of carbonyl (C=O) groups is 1. The number of aliphatic hydroxyl groups is 1. The average molecular weight is 339 g/mol. The Balaban J connectivity index is 3.39. The first-order valence-corrected chi connectivity index (χ1v) is 10.2. The van der Waals surface area contributed by atoms with Crippen molar-refractivity contribution in [2.45, 2.75) is 117 Å². The van der Waals surface area contributed by atoms with Crippen LogP contribution in [0.25, 0.3) is 0 Å². The van der Waals surface area contributed by atoms with Crippen molar-refractivity contribution < 1.29 is 9.90 Å². The summed E-state index contributed by atoms with van der Waals surface area (Å²) in [6.07, 6.45) is 18.6. The van der Waals surface area contributed by atoms with Crippen molar-refractivity contribution in [1.82, 2.24) is 0 Å². The van der Waals surface area contributed by atoms with Crippen molar-refractivity contribution in [3.8, 4) is 0 Å². The standard InChI is InChI=1S/C22H42O2/c1-5-6-7-14-17-20(23)18-15-12-10-8-9-11-13-16-19-21(24)22(2,3)4/h12,15,20,23H,5-11,13-14,16-19H2,1-4H3/b15-12-/t20-/m1/s1. The van der Waals surface area contributed by atoms with Gasteiger partial charge >= 0.3 is 0 Å². The third kappa shape index (κ3) is 14.9. The maximum absolute atomic E-state index is 11.8. The van der Waals surface area contributed by atoms with E-state index in [0.29, 0.717) is 5.78 Å². The smallest absolute Gasteiger partial charge is 0.138 e. The second kappa shape index (κ2) is 14.7. The Morgan fingerprint density at radius 1 is 0.917 bits per heavy atom. The number of hydrogen-bond donors (Lipinski definition) is 1. The molecule has 0 amide bonds. The first-order valence-electron chi connectivity index (χ1n) is 10.2. The molecule has 0 aromatic rings. The summed E-state index contributed by atoms with van der Waals surface area (Å²) < 4.78 is 0. The molecule has 24 heavy (non-hydrogen) atoms. The van der Waals surface area contributed by atoms with Crippen LogP contribution >= 0.6 is 0 Å². The predicted octanol–water partition coefficient (Wildman–Crippen LogP) is 6.61. The van der Waals surface area contributed by atoms with E-state index in [2.05, 4.69) is 19.1 Å². The molecule has 0 saturated carbocycles. The maximum atomic E-state index is 11.8. The number of allylic oxidation sites excluding steroid dienone is 1. The zero-order chi connectivity index (χ0) is 18.3. The van der Waals surface area contributed by atoms with Crippen LogP contribution in [0.5, 0.6) is 0 Å². The lowest BCUT2D eigenvalue weighted by Crippen LogP contribution is -2.19. The van der Waals surface area contributed by atoms with Crippen molar-refractivity contribution >= 4 is 5.78 Å². The maximum Gasteiger partial charge on any atom is 0.138 e. The average Bonchev–Trinajstić information content (AvgIpc) is 2.52. The molecular weight excluding hydrogens is 296 g/mol. The number of unbranched alkanes of at least 4 members (excludes halogenated alkanes) is 8. The van der Waals surface area contributed by atoms with Gasteiger partial charge in [0.1, 0.15) is 5.78 Å². The summed E-state index contributed by atoms with van der Waals surface area (Å²) in [6, 6.07) is 0. The van der Waals surface area contributed by atoms with E-state index < -0.39 is 0 Å². The van der Waals surface area contributed by atoms with E-state index in [1.54, 1.807) is 0 Å². The number of aliphatic hydroxyl groups excluding tert-OH is 1. The largest absolute Gasteiger partial charge is 0.393 e. The Hall–Kier alpha value is -0.630. The number of carbonyl (C=O) groups excluding carboxylic acids is 1. The molecule has 0 saturated heterocycles. The Bertz CT molecular complexity index is 325. The minimum atomic E-state index is -0.175. The van der Waals surface area contributed by atoms with Gasteiger partial charge in [0.05, 0.1) is 6.10 Å². The zero-order valence-corrected chi connectivity index (χ0v) is 16.8. The molecule has 2 heteroatoms. The SMILES string of the molecule is CCCCCC[C@@H](O)C/C=C\CCCCCCCC(=O)C(C)(C)C. The highest BCUT2D eigenvalue weighted by molar-refractivity contribution is 5.83. The van der Waals surface area contributed by atoms with Crippen molar-refractivity contribution in [2.24, 2.45) is 5.41 Å². The van der Waals surface area contributed by atoms with Gasteiger partial charge in [-0.1, -0.05) is 84.8 Å². The minimum Gasteiger partial charge on any atom is -0.393 e. The van der Waals surface area contributed by atoms with Crippen LogP contribution in [-0.4, -0.2) is 17.0 Å². The fourth-order valence-corrected chi connectivity index (χ4v) is 2.75. The monoisotopic (exact) mass is 338 g/mol. The Kier molecular flexibility index (Phi) is 14.3. The number of ketones is 1. The first-order chi connectivity index (χ1) is 11.4. The van der Waals surface area contributed by atoms with Gasteiger partial charge in [0.15, 0.2) is 0 Å². The molecule has 1 N–H and O–H groups in total. The van der Waals surface area contributed by atoms with E-state index in [0.717, 1.165) is 38.5 Å². The van der Waals surface area contributed by atoms with Crippen LogP contribution in [0, 0.1) is 5.41 Å². The lowest BCUT2D eigenvalue weighted by Gasteiger charge is -2.16. The normalized spacial score (nSPS) is 13.5. The van der Waals surface area contributed by atoms with E-state index in [-0.39, 0.29) is 11.5 Å². The van der Waals surface area contributed by atoms with E-state index in [1.165, 1.54) is 44.9 Å². The van der Waals surface area contributed by atoms with E-state index >= 15 is 0 Å². The molecule has 0 bridgehead atoms. The van der Waals surface area contributed by atoms with Crippen molar-refractivity contribution in [3.63, 3.8) is 0 Å². The third-order valence-corrected chi connectivity index (χ3v) is 4.58. The number of hydrogen-bond acceptors (Lipinski definition) is 2. The van der Waals surface area contributed by atoms with Gasteiger partial charge in [-0.15, -0.1) is 0 Å². The van der Waals surface area contributed by atoms with Crippen LogP contribution in [0.1, 0.15) is 111 Å². The summed E-state index contributed by atoms with van der Waals surface area (Å²) in [5.74, 6) is 0.388. The van der Waals surface area contributed by atoms with E-state index in [1.807, 2.05) is 20.8 Å². The molecule has 0 heterocycles. The fourth-order valence-electron chi connectivity index (χ4n) is 2.75. The van der Waals surface area contributed by atoms with Crippen LogP contribution in [-0.2, 0) is 4.79 Å². The highest BCUT2D eigenvalue weighted by Crippen LogP contribution is 2.19. The van der Waals surface area contributed by atoms with Crippen LogP contribution in [0.2, 0.25) is 0 Å². The van der Waals surface area contributed by atoms with Gasteiger partial charge in [-0.25, -0.2) is 0 Å². The first kappa shape index (κ1) is 23.4. The molecule has 1 atom stereocenters. The van der Waals surface area contributed by atoms with Gasteiger partial charge in [0, 0.05) is 11.8 Å². The van der Waals surface area contributed by atoms with E-state index in [4.69, 9.17) is 0 Å². The van der Waals surface area contributed by atoms with Crippen molar-refractivity contribution in [3.05, 3.63) is 12.2 Å². The van der Waals surface area contributed by atoms with Gasteiger partial charge < -0.3 is 5.11 Å². The predicted molar refractivity (Wildman–Crippen MR) is 105 cm³/mol. The summed E-state index contributed by atoms with van der Waals surface area (Å²) in [6.45, 7) is 8.22. The topological polar surface area (TPSA) is 37.3 Å². The van der Waals surface area contributed by atoms with Crippen LogP contribution in [0.15, 0.2) is 12.2 Å². The second-order valence-corrected chi connectivity index (χ2v) is 8.19. The molecule has 0 aliphatic rings. The molecule has 0 unspecified atom stereocenters. The Morgan fingerprint density at radius 3 is 2.21 bits per heavy atom. The van der Waals surface area contributed by atoms with Crippen LogP contribution < -0.4 is 0 Å². The van der Waals surface area contributed by atoms with Crippen LogP contribution in [0.4, 0.5) is 0 Å². The highest BCUT2D eigenvalue weighted by Gasteiger charge is 2.19. The summed E-state index contributed by atoms with van der Waals surface area (Å²) in [5, 5.41) is 9.87. The molecule has 0 spiro atoms. The number of Topliss-reactive ketones (excluding diaryl/α,β-unsaturated/α-hetero) is 1. The number of rotatable bonds is 15. The molecule has 0 fully saturated rings. The summed E-state index contributed by atoms with van der Waals surface area (Å²) >= 11 is 0. The minimum absolute atomic E-state index is 0.154. The summed E-state index contributed by atoms with van der Waals surface area (Å²) in [7, 11) is 0. The lowest BCUT2D eigenvalue weighted by molar-refractivity contribution is -0.126. The molecule has 0 aromatic carbocycles.